The standard InChI is InChI=1S/C14H24N2O2/c1-5-9-10-16-11(6-2)12(17)15-14(7-3,8-4)13(16)18/h5,9,11H,6-8,10H2,1-4H3,(H,15,17)/b9-5+. The average Bonchev–Trinajstić information content (AvgIpc) is 2.39. The van der Waals surface area contributed by atoms with Crippen LogP contribution in [0.15, 0.2) is 12.2 Å². The summed E-state index contributed by atoms with van der Waals surface area (Å²) < 4.78 is 0. The van der Waals surface area contributed by atoms with Gasteiger partial charge in [-0.05, 0) is 26.2 Å². The quantitative estimate of drug-likeness (QED) is 0.759. The summed E-state index contributed by atoms with van der Waals surface area (Å²) in [4.78, 5) is 26.5. The third-order valence-corrected chi connectivity index (χ3v) is 3.84. The molecule has 102 valence electrons. The van der Waals surface area contributed by atoms with Crippen LogP contribution in [0.25, 0.3) is 0 Å². The van der Waals surface area contributed by atoms with Gasteiger partial charge in [-0.1, -0.05) is 32.9 Å². The fourth-order valence-electron chi connectivity index (χ4n) is 2.49. The van der Waals surface area contributed by atoms with Gasteiger partial charge in [0.05, 0.1) is 0 Å². The molecule has 0 bridgehead atoms. The number of hydrogen-bond acceptors (Lipinski definition) is 2. The summed E-state index contributed by atoms with van der Waals surface area (Å²) in [6.45, 7) is 8.26. The van der Waals surface area contributed by atoms with Gasteiger partial charge >= 0.3 is 0 Å². The first-order valence-electron chi connectivity index (χ1n) is 6.80. The lowest BCUT2D eigenvalue weighted by Crippen LogP contribution is -2.69. The van der Waals surface area contributed by atoms with E-state index < -0.39 is 5.54 Å². The predicted molar refractivity (Wildman–Crippen MR) is 72.1 cm³/mol. The molecule has 1 N–H and O–H groups in total. The maximum Gasteiger partial charge on any atom is 0.249 e. The van der Waals surface area contributed by atoms with Crippen LogP contribution in [-0.2, 0) is 9.59 Å². The number of allylic oxidation sites excluding steroid dienone is 1. The molecule has 1 aliphatic rings. The van der Waals surface area contributed by atoms with Crippen molar-refractivity contribution in [2.45, 2.75) is 58.5 Å². The minimum Gasteiger partial charge on any atom is -0.340 e. The molecular weight excluding hydrogens is 228 g/mol. The first kappa shape index (κ1) is 14.7. The van der Waals surface area contributed by atoms with E-state index in [0.717, 1.165) is 0 Å². The molecule has 18 heavy (non-hydrogen) atoms. The van der Waals surface area contributed by atoms with Crippen molar-refractivity contribution in [1.29, 1.82) is 0 Å². The number of rotatable bonds is 5. The molecule has 4 heteroatoms. The van der Waals surface area contributed by atoms with E-state index in [0.29, 0.717) is 25.8 Å². The van der Waals surface area contributed by atoms with E-state index >= 15 is 0 Å². The number of hydrogen-bond donors (Lipinski definition) is 1. The molecule has 2 amide bonds. The molecule has 1 unspecified atom stereocenters. The molecule has 1 saturated heterocycles. The monoisotopic (exact) mass is 252 g/mol. The van der Waals surface area contributed by atoms with Gasteiger partial charge in [0, 0.05) is 6.54 Å². The number of piperazine rings is 1. The van der Waals surface area contributed by atoms with E-state index in [2.05, 4.69) is 5.32 Å². The van der Waals surface area contributed by atoms with Gasteiger partial charge in [-0.3, -0.25) is 9.59 Å². The highest BCUT2D eigenvalue weighted by Crippen LogP contribution is 2.26. The second kappa shape index (κ2) is 6.03. The number of nitrogens with one attached hydrogen (secondary N) is 1. The highest BCUT2D eigenvalue weighted by atomic mass is 16.2. The Morgan fingerprint density at radius 3 is 2.33 bits per heavy atom. The van der Waals surface area contributed by atoms with Gasteiger partial charge in [0.2, 0.25) is 11.8 Å². The summed E-state index contributed by atoms with van der Waals surface area (Å²) in [7, 11) is 0. The average molecular weight is 252 g/mol. The number of carbonyl (C=O) groups is 2. The smallest absolute Gasteiger partial charge is 0.249 e. The Balaban J connectivity index is 3.07. The molecule has 0 spiro atoms. The van der Waals surface area contributed by atoms with Crippen LogP contribution in [0.1, 0.15) is 47.0 Å². The lowest BCUT2D eigenvalue weighted by Gasteiger charge is -2.45. The normalized spacial score (nSPS) is 23.6. The molecule has 0 aromatic heterocycles. The van der Waals surface area contributed by atoms with Crippen molar-refractivity contribution in [3.05, 3.63) is 12.2 Å². The maximum absolute atomic E-state index is 12.6. The van der Waals surface area contributed by atoms with Crippen molar-refractivity contribution in [1.82, 2.24) is 10.2 Å². The van der Waals surface area contributed by atoms with E-state index in [1.165, 1.54) is 0 Å². The molecule has 0 radical (unpaired) electrons. The molecule has 1 atom stereocenters. The Bertz CT molecular complexity index is 346. The maximum atomic E-state index is 12.6. The number of carbonyl (C=O) groups excluding carboxylic acids is 2. The van der Waals surface area contributed by atoms with Crippen LogP contribution in [0, 0.1) is 0 Å². The summed E-state index contributed by atoms with van der Waals surface area (Å²) in [6.07, 6.45) is 5.76. The van der Waals surface area contributed by atoms with E-state index in [9.17, 15) is 9.59 Å². The Morgan fingerprint density at radius 2 is 1.89 bits per heavy atom. The van der Waals surface area contributed by atoms with Gasteiger partial charge in [0.25, 0.3) is 0 Å². The Labute approximate surface area is 109 Å². The second-order valence-corrected chi connectivity index (χ2v) is 4.73. The molecule has 0 saturated carbocycles. The molecule has 0 aromatic rings. The third kappa shape index (κ3) is 2.42. The Kier molecular flexibility index (Phi) is 4.93. The fraction of sp³-hybridized carbons (Fsp3) is 0.714. The van der Waals surface area contributed by atoms with E-state index in [1.54, 1.807) is 4.90 Å². The van der Waals surface area contributed by atoms with Crippen molar-refractivity contribution >= 4 is 11.8 Å². The zero-order valence-corrected chi connectivity index (χ0v) is 11.8. The van der Waals surface area contributed by atoms with Crippen molar-refractivity contribution < 1.29 is 9.59 Å². The van der Waals surface area contributed by atoms with Crippen LogP contribution in [-0.4, -0.2) is 34.8 Å². The molecule has 1 aliphatic heterocycles. The summed E-state index contributed by atoms with van der Waals surface area (Å²) in [5.41, 5.74) is -0.704. The summed E-state index contributed by atoms with van der Waals surface area (Å²) in [5, 5.41) is 2.93. The molecule has 0 aromatic carbocycles. The largest absolute Gasteiger partial charge is 0.340 e. The van der Waals surface area contributed by atoms with E-state index in [4.69, 9.17) is 0 Å². The van der Waals surface area contributed by atoms with E-state index in [-0.39, 0.29) is 17.9 Å². The highest BCUT2D eigenvalue weighted by molar-refractivity contribution is 5.99. The van der Waals surface area contributed by atoms with Crippen LogP contribution in [0.5, 0.6) is 0 Å². The first-order chi connectivity index (χ1) is 8.56. The summed E-state index contributed by atoms with van der Waals surface area (Å²) >= 11 is 0. The molecule has 1 rings (SSSR count). The molecule has 1 fully saturated rings. The molecule has 1 heterocycles. The topological polar surface area (TPSA) is 49.4 Å². The summed E-state index contributed by atoms with van der Waals surface area (Å²) in [6, 6.07) is -0.333. The minimum atomic E-state index is -0.704. The van der Waals surface area contributed by atoms with Gasteiger partial charge in [-0.25, -0.2) is 0 Å². The predicted octanol–water partition coefficient (Wildman–Crippen LogP) is 1.86. The van der Waals surface area contributed by atoms with Crippen molar-refractivity contribution in [2.24, 2.45) is 0 Å². The summed E-state index contributed by atoms with van der Waals surface area (Å²) in [5.74, 6) is 0.0300. The molecule has 4 nitrogen and oxygen atoms in total. The van der Waals surface area contributed by atoms with Crippen molar-refractivity contribution in [3.8, 4) is 0 Å². The number of amides is 2. The van der Waals surface area contributed by atoms with Gasteiger partial charge in [0.1, 0.15) is 11.6 Å². The van der Waals surface area contributed by atoms with Gasteiger partial charge < -0.3 is 10.2 Å². The van der Waals surface area contributed by atoms with Crippen LogP contribution in [0.4, 0.5) is 0 Å². The van der Waals surface area contributed by atoms with Gasteiger partial charge in [0.15, 0.2) is 0 Å². The van der Waals surface area contributed by atoms with Crippen LogP contribution >= 0.6 is 0 Å². The zero-order chi connectivity index (χ0) is 13.8. The Hall–Kier alpha value is -1.32. The molecule has 0 aliphatic carbocycles. The lowest BCUT2D eigenvalue weighted by atomic mass is 9.86. The first-order valence-corrected chi connectivity index (χ1v) is 6.80. The minimum absolute atomic E-state index is 0.0229. The lowest BCUT2D eigenvalue weighted by molar-refractivity contribution is -0.154. The zero-order valence-electron chi connectivity index (χ0n) is 11.8. The van der Waals surface area contributed by atoms with Crippen LogP contribution in [0.2, 0.25) is 0 Å². The third-order valence-electron chi connectivity index (χ3n) is 3.84. The van der Waals surface area contributed by atoms with Gasteiger partial charge in [-0.15, -0.1) is 0 Å². The van der Waals surface area contributed by atoms with Crippen LogP contribution in [0.3, 0.4) is 0 Å². The number of nitrogens with zero attached hydrogens (tertiary/aromatic N) is 1. The highest BCUT2D eigenvalue weighted by Gasteiger charge is 2.47. The second-order valence-electron chi connectivity index (χ2n) is 4.73. The molecular formula is C14H24N2O2. The fourth-order valence-corrected chi connectivity index (χ4v) is 2.49. The van der Waals surface area contributed by atoms with E-state index in [1.807, 2.05) is 39.8 Å². The van der Waals surface area contributed by atoms with Crippen LogP contribution < -0.4 is 5.32 Å². The SMILES string of the molecule is C/C=C/CN1C(=O)C(CC)(CC)NC(=O)C1CC. The van der Waals surface area contributed by atoms with Crippen molar-refractivity contribution in [2.75, 3.05) is 6.54 Å². The Morgan fingerprint density at radius 1 is 1.28 bits per heavy atom. The van der Waals surface area contributed by atoms with Crippen molar-refractivity contribution in [3.63, 3.8) is 0 Å². The van der Waals surface area contributed by atoms with Gasteiger partial charge in [-0.2, -0.15) is 0 Å².